The molecule has 0 amide bonds. The minimum atomic E-state index is -3.46. The number of nitrogens with two attached hydrogens (primary N) is 1. The fourth-order valence-electron chi connectivity index (χ4n) is 1.87. The molecule has 0 aliphatic heterocycles. The molecule has 0 spiro atoms. The number of hydrogen-bond acceptors (Lipinski definition) is 4. The average molecular weight is 322 g/mol. The van der Waals surface area contributed by atoms with Crippen LogP contribution in [0, 0.1) is 0 Å². The Hall–Kier alpha value is -0.780. The zero-order chi connectivity index (χ0) is 14.8. The summed E-state index contributed by atoms with van der Waals surface area (Å²) < 4.78 is 24.4. The first-order valence-corrected chi connectivity index (χ1v) is 8.08. The van der Waals surface area contributed by atoms with Crippen LogP contribution < -0.4 is 5.73 Å². The normalized spacial score (nSPS) is 12.1. The fourth-order valence-corrected chi connectivity index (χ4v) is 3.36. The van der Waals surface area contributed by atoms with Crippen molar-refractivity contribution in [1.29, 1.82) is 0 Å². The van der Waals surface area contributed by atoms with E-state index in [0.29, 0.717) is 12.0 Å². The smallest absolute Gasteiger partial charge is 0.182 e. The van der Waals surface area contributed by atoms with Gasteiger partial charge >= 0.3 is 0 Å². The number of halogens is 1. The largest absolute Gasteiger partial charge is 0.506 e. The van der Waals surface area contributed by atoms with Gasteiger partial charge in [0.15, 0.2) is 9.84 Å². The van der Waals surface area contributed by atoms with Gasteiger partial charge in [-0.15, -0.1) is 12.4 Å². The summed E-state index contributed by atoms with van der Waals surface area (Å²) in [6.45, 7) is 7.90. The lowest BCUT2D eigenvalue weighted by molar-refractivity contribution is 0.449. The van der Waals surface area contributed by atoms with Gasteiger partial charge in [0.05, 0.1) is 5.75 Å². The lowest BCUT2D eigenvalue weighted by Gasteiger charge is -2.22. The summed E-state index contributed by atoms with van der Waals surface area (Å²) in [6.07, 6.45) is 0.513. The second-order valence-electron chi connectivity index (χ2n) is 5.76. The molecule has 1 aromatic rings. The van der Waals surface area contributed by atoms with E-state index in [4.69, 9.17) is 5.73 Å². The van der Waals surface area contributed by atoms with Gasteiger partial charge in [0.1, 0.15) is 10.6 Å². The maximum atomic E-state index is 12.2. The van der Waals surface area contributed by atoms with Crippen molar-refractivity contribution in [2.45, 2.75) is 51.0 Å². The Kier molecular flexibility index (Phi) is 6.52. The predicted octanol–water partition coefficient (Wildman–Crippen LogP) is 2.75. The molecule has 0 atom stereocenters. The third kappa shape index (κ3) is 4.11. The van der Waals surface area contributed by atoms with Gasteiger partial charge in [0, 0.05) is 12.1 Å². The quantitative estimate of drug-likeness (QED) is 0.893. The SMILES string of the molecule is CCCS(=O)(=O)c1cc(C(C)(C)C)cc(CN)c1O.Cl. The van der Waals surface area contributed by atoms with Crippen molar-refractivity contribution >= 4 is 22.2 Å². The van der Waals surface area contributed by atoms with Crippen LogP contribution in [0.15, 0.2) is 17.0 Å². The van der Waals surface area contributed by atoms with Gasteiger partial charge in [-0.3, -0.25) is 0 Å². The summed E-state index contributed by atoms with van der Waals surface area (Å²) in [6, 6.07) is 3.35. The minimum Gasteiger partial charge on any atom is -0.506 e. The summed E-state index contributed by atoms with van der Waals surface area (Å²) in [4.78, 5) is 0.00206. The van der Waals surface area contributed by atoms with Crippen LogP contribution in [0.3, 0.4) is 0 Å². The van der Waals surface area contributed by atoms with Crippen molar-refractivity contribution in [3.63, 3.8) is 0 Å². The fraction of sp³-hybridized carbons (Fsp3) is 0.571. The molecule has 0 saturated heterocycles. The Morgan fingerprint density at radius 2 is 1.80 bits per heavy atom. The van der Waals surface area contributed by atoms with Crippen molar-refractivity contribution in [3.8, 4) is 5.75 Å². The number of phenolic OH excluding ortho intramolecular Hbond substituents is 1. The molecule has 1 aromatic carbocycles. The molecule has 1 rings (SSSR count). The first-order chi connectivity index (χ1) is 8.63. The maximum absolute atomic E-state index is 12.2. The van der Waals surface area contributed by atoms with Gasteiger partial charge in [0.2, 0.25) is 0 Å². The van der Waals surface area contributed by atoms with Crippen LogP contribution in [0.4, 0.5) is 0 Å². The van der Waals surface area contributed by atoms with Crippen molar-refractivity contribution in [2.75, 3.05) is 5.75 Å². The Morgan fingerprint density at radius 3 is 2.20 bits per heavy atom. The highest BCUT2D eigenvalue weighted by Gasteiger charge is 2.24. The highest BCUT2D eigenvalue weighted by molar-refractivity contribution is 7.91. The lowest BCUT2D eigenvalue weighted by atomic mass is 9.86. The van der Waals surface area contributed by atoms with E-state index in [1.165, 1.54) is 0 Å². The van der Waals surface area contributed by atoms with E-state index in [2.05, 4.69) is 0 Å². The van der Waals surface area contributed by atoms with Gasteiger partial charge in [-0.25, -0.2) is 8.42 Å². The summed E-state index contributed by atoms with van der Waals surface area (Å²) in [5, 5.41) is 10.1. The molecule has 0 fully saturated rings. The first kappa shape index (κ1) is 19.2. The molecular formula is C14H24ClNO3S. The van der Waals surface area contributed by atoms with Gasteiger partial charge < -0.3 is 10.8 Å². The van der Waals surface area contributed by atoms with E-state index < -0.39 is 9.84 Å². The van der Waals surface area contributed by atoms with Crippen LogP contribution in [-0.4, -0.2) is 19.3 Å². The van der Waals surface area contributed by atoms with Crippen molar-refractivity contribution in [2.24, 2.45) is 5.73 Å². The lowest BCUT2D eigenvalue weighted by Crippen LogP contribution is -2.15. The monoisotopic (exact) mass is 321 g/mol. The molecule has 0 bridgehead atoms. The number of aromatic hydroxyl groups is 1. The van der Waals surface area contributed by atoms with Crippen LogP contribution in [0.5, 0.6) is 5.75 Å². The predicted molar refractivity (Wildman–Crippen MR) is 84.3 cm³/mol. The number of hydrogen-bond donors (Lipinski definition) is 2. The van der Waals surface area contributed by atoms with Crippen LogP contribution >= 0.6 is 12.4 Å². The highest BCUT2D eigenvalue weighted by Crippen LogP contribution is 2.34. The number of phenols is 1. The minimum absolute atomic E-state index is 0. The third-order valence-electron chi connectivity index (χ3n) is 3.05. The highest BCUT2D eigenvalue weighted by atomic mass is 35.5. The van der Waals surface area contributed by atoms with Crippen LogP contribution in [-0.2, 0) is 21.8 Å². The Bertz CT molecular complexity index is 563. The van der Waals surface area contributed by atoms with Crippen LogP contribution in [0.25, 0.3) is 0 Å². The first-order valence-electron chi connectivity index (χ1n) is 6.42. The van der Waals surface area contributed by atoms with Gasteiger partial charge in [-0.2, -0.15) is 0 Å². The summed E-state index contributed by atoms with van der Waals surface area (Å²) in [5.74, 6) is -0.179. The maximum Gasteiger partial charge on any atom is 0.182 e. The number of rotatable bonds is 4. The molecule has 116 valence electrons. The molecule has 0 aromatic heterocycles. The van der Waals surface area contributed by atoms with Crippen LogP contribution in [0.2, 0.25) is 0 Å². The van der Waals surface area contributed by atoms with E-state index in [9.17, 15) is 13.5 Å². The third-order valence-corrected chi connectivity index (χ3v) is 4.97. The Labute approximate surface area is 127 Å². The van der Waals surface area contributed by atoms with E-state index >= 15 is 0 Å². The van der Waals surface area contributed by atoms with Crippen molar-refractivity contribution in [1.82, 2.24) is 0 Å². The molecule has 3 N–H and O–H groups in total. The standard InChI is InChI=1S/C14H23NO3S.ClH/c1-5-6-19(17,18)12-8-11(14(2,3)4)7-10(9-15)13(12)16;/h7-8,16H,5-6,9,15H2,1-4H3;1H. The zero-order valence-electron chi connectivity index (χ0n) is 12.4. The van der Waals surface area contributed by atoms with Gasteiger partial charge in [0.25, 0.3) is 0 Å². The van der Waals surface area contributed by atoms with Crippen molar-refractivity contribution < 1.29 is 13.5 Å². The summed E-state index contributed by atoms with van der Waals surface area (Å²) >= 11 is 0. The van der Waals surface area contributed by atoms with Crippen LogP contribution in [0.1, 0.15) is 45.2 Å². The summed E-state index contributed by atoms with van der Waals surface area (Å²) in [5.41, 5.74) is 6.73. The van der Waals surface area contributed by atoms with E-state index in [1.54, 1.807) is 19.1 Å². The van der Waals surface area contributed by atoms with E-state index in [0.717, 1.165) is 5.56 Å². The molecule has 6 heteroatoms. The van der Waals surface area contributed by atoms with Gasteiger partial charge in [-0.05, 0) is 23.5 Å². The topological polar surface area (TPSA) is 80.4 Å². The van der Waals surface area contributed by atoms with E-state index in [-0.39, 0.29) is 40.8 Å². The number of sulfone groups is 1. The molecular weight excluding hydrogens is 298 g/mol. The molecule has 20 heavy (non-hydrogen) atoms. The molecule has 0 radical (unpaired) electrons. The number of benzene rings is 1. The second kappa shape index (κ2) is 6.78. The second-order valence-corrected chi connectivity index (χ2v) is 7.83. The van der Waals surface area contributed by atoms with E-state index in [1.807, 2.05) is 20.8 Å². The molecule has 0 unspecified atom stereocenters. The Morgan fingerprint density at radius 1 is 1.25 bits per heavy atom. The molecule has 0 aliphatic carbocycles. The average Bonchev–Trinajstić information content (AvgIpc) is 2.27. The zero-order valence-corrected chi connectivity index (χ0v) is 14.1. The molecule has 0 saturated carbocycles. The Balaban J connectivity index is 0.00000361. The molecule has 0 heterocycles. The van der Waals surface area contributed by atoms with Crippen molar-refractivity contribution in [3.05, 3.63) is 23.3 Å². The summed E-state index contributed by atoms with van der Waals surface area (Å²) in [7, 11) is -3.46. The molecule has 0 aliphatic rings. The molecule has 4 nitrogen and oxygen atoms in total. The van der Waals surface area contributed by atoms with Gasteiger partial charge in [-0.1, -0.05) is 33.8 Å².